The van der Waals surface area contributed by atoms with Crippen LogP contribution in [0.15, 0.2) is 24.3 Å². The minimum Gasteiger partial charge on any atom is -0.508 e. The summed E-state index contributed by atoms with van der Waals surface area (Å²) in [5, 5.41) is 16.0. The Morgan fingerprint density at radius 1 is 1.35 bits per heavy atom. The lowest BCUT2D eigenvalue weighted by molar-refractivity contribution is -0.150. The molecule has 0 radical (unpaired) electrons. The Morgan fingerprint density at radius 3 is 2.60 bits per heavy atom. The molecule has 0 saturated carbocycles. The summed E-state index contributed by atoms with van der Waals surface area (Å²) in [6, 6.07) is 6.35. The molecule has 1 aliphatic heterocycles. The van der Waals surface area contributed by atoms with Gasteiger partial charge in [0.15, 0.2) is 5.11 Å². The Morgan fingerprint density at radius 2 is 2.00 bits per heavy atom. The second-order valence-electron chi connectivity index (χ2n) is 4.75. The van der Waals surface area contributed by atoms with Crippen LogP contribution in [-0.4, -0.2) is 28.8 Å². The quantitative estimate of drug-likeness (QED) is 0.579. The SMILES string of the molecule is CCOC(=O)C1C(C)NC(=S)NC1c1ccc(O)cc1. The molecule has 3 unspecified atom stereocenters. The molecular weight excluding hydrogens is 276 g/mol. The molecule has 20 heavy (non-hydrogen) atoms. The van der Waals surface area contributed by atoms with Crippen LogP contribution in [0.25, 0.3) is 0 Å². The number of ether oxygens (including phenoxy) is 1. The molecule has 1 aliphatic rings. The van der Waals surface area contributed by atoms with Crippen LogP contribution >= 0.6 is 12.2 Å². The summed E-state index contributed by atoms with van der Waals surface area (Å²) >= 11 is 5.17. The van der Waals surface area contributed by atoms with Gasteiger partial charge in [0.2, 0.25) is 0 Å². The topological polar surface area (TPSA) is 70.6 Å². The summed E-state index contributed by atoms with van der Waals surface area (Å²) in [7, 11) is 0. The monoisotopic (exact) mass is 294 g/mol. The Hall–Kier alpha value is -1.82. The maximum Gasteiger partial charge on any atom is 0.313 e. The molecule has 0 bridgehead atoms. The van der Waals surface area contributed by atoms with Crippen molar-refractivity contribution in [2.24, 2.45) is 5.92 Å². The van der Waals surface area contributed by atoms with E-state index in [4.69, 9.17) is 17.0 Å². The molecule has 108 valence electrons. The second-order valence-corrected chi connectivity index (χ2v) is 5.16. The molecule has 1 aromatic rings. The van der Waals surface area contributed by atoms with E-state index in [9.17, 15) is 9.90 Å². The van der Waals surface area contributed by atoms with E-state index in [1.165, 1.54) is 0 Å². The number of nitrogens with one attached hydrogen (secondary N) is 2. The first-order valence-electron chi connectivity index (χ1n) is 6.55. The number of thiocarbonyl (C=S) groups is 1. The smallest absolute Gasteiger partial charge is 0.313 e. The standard InChI is InChI=1S/C14H18N2O3S/c1-3-19-13(18)11-8(2)15-14(20)16-12(11)9-4-6-10(17)7-5-9/h4-8,11-12,17H,3H2,1-2H3,(H2,15,16,20). The molecule has 3 atom stereocenters. The lowest BCUT2D eigenvalue weighted by Gasteiger charge is -2.37. The van der Waals surface area contributed by atoms with Crippen molar-refractivity contribution in [1.82, 2.24) is 10.6 Å². The van der Waals surface area contributed by atoms with E-state index in [0.29, 0.717) is 11.7 Å². The van der Waals surface area contributed by atoms with Crippen molar-refractivity contribution in [3.8, 4) is 5.75 Å². The molecule has 1 heterocycles. The average Bonchev–Trinajstić information content (AvgIpc) is 2.38. The van der Waals surface area contributed by atoms with Crippen LogP contribution < -0.4 is 10.6 Å². The van der Waals surface area contributed by atoms with Crippen LogP contribution in [0.4, 0.5) is 0 Å². The lowest BCUT2D eigenvalue weighted by Crippen LogP contribution is -2.57. The molecule has 3 N–H and O–H groups in total. The van der Waals surface area contributed by atoms with E-state index in [0.717, 1.165) is 5.56 Å². The van der Waals surface area contributed by atoms with Crippen LogP contribution in [0.2, 0.25) is 0 Å². The Kier molecular flexibility index (Phi) is 4.44. The first-order chi connectivity index (χ1) is 9.52. The van der Waals surface area contributed by atoms with Crippen molar-refractivity contribution in [1.29, 1.82) is 0 Å². The number of benzene rings is 1. The first kappa shape index (κ1) is 14.6. The van der Waals surface area contributed by atoms with Gasteiger partial charge >= 0.3 is 5.97 Å². The van der Waals surface area contributed by atoms with Gasteiger partial charge in [-0.3, -0.25) is 4.79 Å². The predicted octanol–water partition coefficient (Wildman–Crippen LogP) is 1.48. The number of rotatable bonds is 3. The number of phenolic OH excluding ortho intramolecular Hbond substituents is 1. The number of phenols is 1. The lowest BCUT2D eigenvalue weighted by atomic mass is 9.86. The summed E-state index contributed by atoms with van der Waals surface area (Å²) in [6.45, 7) is 4.03. The summed E-state index contributed by atoms with van der Waals surface area (Å²) in [5.74, 6) is -0.460. The fraction of sp³-hybridized carbons (Fsp3) is 0.429. The van der Waals surface area contributed by atoms with Crippen LogP contribution in [0.5, 0.6) is 5.75 Å². The highest BCUT2D eigenvalue weighted by Crippen LogP contribution is 2.29. The van der Waals surface area contributed by atoms with Gasteiger partial charge in [0, 0.05) is 6.04 Å². The average molecular weight is 294 g/mol. The minimum absolute atomic E-state index is 0.124. The van der Waals surface area contributed by atoms with Gasteiger partial charge in [0.25, 0.3) is 0 Å². The highest BCUT2D eigenvalue weighted by atomic mass is 32.1. The Bertz CT molecular complexity index is 504. The highest BCUT2D eigenvalue weighted by Gasteiger charge is 2.39. The van der Waals surface area contributed by atoms with Gasteiger partial charge in [0.1, 0.15) is 11.7 Å². The normalized spacial score (nSPS) is 25.5. The maximum atomic E-state index is 12.2. The molecule has 0 aliphatic carbocycles. The van der Waals surface area contributed by atoms with E-state index in [1.54, 1.807) is 31.2 Å². The van der Waals surface area contributed by atoms with E-state index < -0.39 is 0 Å². The third-order valence-corrected chi connectivity index (χ3v) is 3.59. The third-order valence-electron chi connectivity index (χ3n) is 3.35. The van der Waals surface area contributed by atoms with Gasteiger partial charge in [-0.2, -0.15) is 0 Å². The molecule has 1 saturated heterocycles. The van der Waals surface area contributed by atoms with Crippen molar-refractivity contribution in [3.63, 3.8) is 0 Å². The van der Waals surface area contributed by atoms with E-state index in [2.05, 4.69) is 10.6 Å². The van der Waals surface area contributed by atoms with E-state index >= 15 is 0 Å². The third kappa shape index (κ3) is 3.01. The number of hydrogen-bond donors (Lipinski definition) is 3. The molecule has 0 spiro atoms. The fourth-order valence-electron chi connectivity index (χ4n) is 2.41. The van der Waals surface area contributed by atoms with Crippen molar-refractivity contribution in [2.45, 2.75) is 25.9 Å². The van der Waals surface area contributed by atoms with Gasteiger partial charge in [-0.05, 0) is 43.8 Å². The van der Waals surface area contributed by atoms with Gasteiger partial charge in [-0.25, -0.2) is 0 Å². The van der Waals surface area contributed by atoms with Gasteiger partial charge in [-0.1, -0.05) is 12.1 Å². The Labute approximate surface area is 123 Å². The number of hydrogen-bond acceptors (Lipinski definition) is 4. The zero-order valence-corrected chi connectivity index (χ0v) is 12.2. The number of esters is 1. The van der Waals surface area contributed by atoms with Crippen LogP contribution in [-0.2, 0) is 9.53 Å². The van der Waals surface area contributed by atoms with Crippen LogP contribution in [0, 0.1) is 5.92 Å². The molecule has 1 fully saturated rings. The van der Waals surface area contributed by atoms with Crippen molar-refractivity contribution >= 4 is 23.3 Å². The van der Waals surface area contributed by atoms with Crippen LogP contribution in [0.3, 0.4) is 0 Å². The predicted molar refractivity (Wildman–Crippen MR) is 79.3 cm³/mol. The van der Waals surface area contributed by atoms with Crippen molar-refractivity contribution < 1.29 is 14.6 Å². The minimum atomic E-state index is -0.383. The van der Waals surface area contributed by atoms with E-state index in [-0.39, 0.29) is 29.7 Å². The summed E-state index contributed by atoms with van der Waals surface area (Å²) < 4.78 is 5.15. The summed E-state index contributed by atoms with van der Waals surface area (Å²) in [5.41, 5.74) is 0.886. The van der Waals surface area contributed by atoms with Crippen molar-refractivity contribution in [2.75, 3.05) is 6.61 Å². The maximum absolute atomic E-state index is 12.2. The number of aromatic hydroxyl groups is 1. The molecular formula is C14H18N2O3S. The number of carbonyl (C=O) groups is 1. The second kappa shape index (κ2) is 6.09. The molecule has 0 amide bonds. The molecule has 1 aromatic carbocycles. The Balaban J connectivity index is 2.31. The van der Waals surface area contributed by atoms with Gasteiger partial charge in [-0.15, -0.1) is 0 Å². The molecule has 5 nitrogen and oxygen atoms in total. The van der Waals surface area contributed by atoms with Crippen molar-refractivity contribution in [3.05, 3.63) is 29.8 Å². The first-order valence-corrected chi connectivity index (χ1v) is 6.96. The molecule has 2 rings (SSSR count). The summed E-state index contributed by atoms with van der Waals surface area (Å²) in [6.07, 6.45) is 0. The summed E-state index contributed by atoms with van der Waals surface area (Å²) in [4.78, 5) is 12.2. The molecule has 6 heteroatoms. The zero-order valence-electron chi connectivity index (χ0n) is 11.4. The highest BCUT2D eigenvalue weighted by molar-refractivity contribution is 7.80. The largest absolute Gasteiger partial charge is 0.508 e. The fourth-order valence-corrected chi connectivity index (χ4v) is 2.72. The zero-order chi connectivity index (χ0) is 14.7. The molecule has 0 aromatic heterocycles. The van der Waals surface area contributed by atoms with Gasteiger partial charge < -0.3 is 20.5 Å². The number of carbonyl (C=O) groups excluding carboxylic acids is 1. The van der Waals surface area contributed by atoms with Gasteiger partial charge in [0.05, 0.1) is 12.6 Å². The van der Waals surface area contributed by atoms with E-state index in [1.807, 2.05) is 6.92 Å². The van der Waals surface area contributed by atoms with Crippen LogP contribution in [0.1, 0.15) is 25.5 Å².